The third-order valence-electron chi connectivity index (χ3n) is 2.76. The lowest BCUT2D eigenvalue weighted by atomic mass is 9.88. The summed E-state index contributed by atoms with van der Waals surface area (Å²) in [4.78, 5) is 0. The molecule has 1 saturated heterocycles. The lowest BCUT2D eigenvalue weighted by Gasteiger charge is -2.29. The predicted octanol–water partition coefficient (Wildman–Crippen LogP) is 1.09. The molecule has 0 amide bonds. The van der Waals surface area contributed by atoms with Crippen LogP contribution < -0.4 is 11.1 Å². The summed E-state index contributed by atoms with van der Waals surface area (Å²) in [5, 5.41) is 3.38. The third-order valence-corrected chi connectivity index (χ3v) is 2.76. The smallest absolute Gasteiger partial charge is 0.0132 e. The van der Waals surface area contributed by atoms with Gasteiger partial charge in [-0.25, -0.2) is 0 Å². The third kappa shape index (κ3) is 1.90. The zero-order valence-electron chi connectivity index (χ0n) is 7.74. The number of nitrogens with one attached hydrogen (secondary N) is 1. The van der Waals surface area contributed by atoms with Crippen molar-refractivity contribution in [3.05, 3.63) is 35.9 Å². The van der Waals surface area contributed by atoms with E-state index in [4.69, 9.17) is 5.73 Å². The minimum Gasteiger partial charge on any atom is -0.327 e. The minimum absolute atomic E-state index is 0.323. The van der Waals surface area contributed by atoms with Crippen molar-refractivity contribution in [2.24, 2.45) is 5.73 Å². The fraction of sp³-hybridized carbons (Fsp3) is 0.455. The van der Waals surface area contributed by atoms with Crippen LogP contribution in [-0.4, -0.2) is 19.1 Å². The fourth-order valence-electron chi connectivity index (χ4n) is 1.94. The highest BCUT2D eigenvalue weighted by Gasteiger charge is 2.22. The van der Waals surface area contributed by atoms with E-state index in [1.54, 1.807) is 0 Å². The van der Waals surface area contributed by atoms with E-state index in [1.807, 2.05) is 6.07 Å². The molecule has 0 bridgehead atoms. The molecule has 0 spiro atoms. The molecule has 0 radical (unpaired) electrons. The SMILES string of the molecule is NC1CCNCC1c1ccccc1. The van der Waals surface area contributed by atoms with Crippen LogP contribution in [0.3, 0.4) is 0 Å². The quantitative estimate of drug-likeness (QED) is 0.672. The van der Waals surface area contributed by atoms with Crippen LogP contribution in [0, 0.1) is 0 Å². The van der Waals surface area contributed by atoms with E-state index in [9.17, 15) is 0 Å². The summed E-state index contributed by atoms with van der Waals surface area (Å²) in [6.45, 7) is 2.08. The Hall–Kier alpha value is -0.860. The largest absolute Gasteiger partial charge is 0.327 e. The van der Waals surface area contributed by atoms with E-state index < -0.39 is 0 Å². The van der Waals surface area contributed by atoms with E-state index in [1.165, 1.54) is 5.56 Å². The fourth-order valence-corrected chi connectivity index (χ4v) is 1.94. The Balaban J connectivity index is 2.15. The Bertz CT molecular complexity index is 258. The van der Waals surface area contributed by atoms with E-state index in [0.29, 0.717) is 12.0 Å². The average Bonchev–Trinajstić information content (AvgIpc) is 2.20. The second-order valence-electron chi connectivity index (χ2n) is 3.67. The van der Waals surface area contributed by atoms with Gasteiger partial charge in [0.1, 0.15) is 0 Å². The zero-order valence-corrected chi connectivity index (χ0v) is 7.74. The zero-order chi connectivity index (χ0) is 9.10. The summed E-state index contributed by atoms with van der Waals surface area (Å²) in [5.41, 5.74) is 7.43. The molecule has 2 unspecified atom stereocenters. The van der Waals surface area contributed by atoms with Crippen LogP contribution in [0.25, 0.3) is 0 Å². The van der Waals surface area contributed by atoms with E-state index in [0.717, 1.165) is 19.5 Å². The Morgan fingerprint density at radius 2 is 2.00 bits per heavy atom. The monoisotopic (exact) mass is 176 g/mol. The lowest BCUT2D eigenvalue weighted by Crippen LogP contribution is -2.43. The molecule has 2 atom stereocenters. The van der Waals surface area contributed by atoms with E-state index in [-0.39, 0.29) is 0 Å². The van der Waals surface area contributed by atoms with Gasteiger partial charge >= 0.3 is 0 Å². The van der Waals surface area contributed by atoms with Crippen molar-refractivity contribution >= 4 is 0 Å². The molecule has 70 valence electrons. The molecule has 2 rings (SSSR count). The van der Waals surface area contributed by atoms with Gasteiger partial charge in [0.05, 0.1) is 0 Å². The van der Waals surface area contributed by atoms with Crippen LogP contribution in [0.4, 0.5) is 0 Å². The first-order valence-corrected chi connectivity index (χ1v) is 4.89. The van der Waals surface area contributed by atoms with Crippen molar-refractivity contribution in [3.8, 4) is 0 Å². The van der Waals surface area contributed by atoms with Crippen LogP contribution in [-0.2, 0) is 0 Å². The molecule has 1 aliphatic rings. The number of nitrogens with two attached hydrogens (primary N) is 1. The van der Waals surface area contributed by atoms with Crippen molar-refractivity contribution in [2.45, 2.75) is 18.4 Å². The summed E-state index contributed by atoms with van der Waals surface area (Å²) in [6.07, 6.45) is 1.08. The van der Waals surface area contributed by atoms with Crippen molar-refractivity contribution < 1.29 is 0 Å². The first-order chi connectivity index (χ1) is 6.38. The van der Waals surface area contributed by atoms with Crippen molar-refractivity contribution in [1.82, 2.24) is 5.32 Å². The molecule has 0 saturated carbocycles. The summed E-state index contributed by atoms with van der Waals surface area (Å²) in [5.74, 6) is 0.495. The van der Waals surface area contributed by atoms with Gasteiger partial charge in [0, 0.05) is 18.5 Å². The highest BCUT2D eigenvalue weighted by molar-refractivity contribution is 5.22. The van der Waals surface area contributed by atoms with Crippen molar-refractivity contribution in [3.63, 3.8) is 0 Å². The van der Waals surface area contributed by atoms with Crippen LogP contribution >= 0.6 is 0 Å². The standard InChI is InChI=1S/C11H16N2/c12-11-6-7-13-8-10(11)9-4-2-1-3-5-9/h1-5,10-11,13H,6-8,12H2. The van der Waals surface area contributed by atoms with Gasteiger partial charge in [-0.3, -0.25) is 0 Å². The Labute approximate surface area is 79.1 Å². The molecule has 1 aromatic carbocycles. The maximum atomic E-state index is 6.07. The maximum absolute atomic E-state index is 6.07. The first-order valence-electron chi connectivity index (χ1n) is 4.89. The van der Waals surface area contributed by atoms with Crippen molar-refractivity contribution in [2.75, 3.05) is 13.1 Å². The maximum Gasteiger partial charge on any atom is 0.0132 e. The van der Waals surface area contributed by atoms with Gasteiger partial charge in [0.25, 0.3) is 0 Å². The molecule has 1 heterocycles. The van der Waals surface area contributed by atoms with Crippen LogP contribution in [0.15, 0.2) is 30.3 Å². The number of piperidine rings is 1. The highest BCUT2D eigenvalue weighted by Crippen LogP contribution is 2.21. The predicted molar refractivity (Wildman–Crippen MR) is 54.6 cm³/mol. The van der Waals surface area contributed by atoms with Gasteiger partial charge in [-0.05, 0) is 18.5 Å². The Morgan fingerprint density at radius 3 is 2.69 bits per heavy atom. The van der Waals surface area contributed by atoms with Gasteiger partial charge in [0.15, 0.2) is 0 Å². The molecule has 1 aliphatic heterocycles. The Morgan fingerprint density at radius 1 is 1.23 bits per heavy atom. The number of hydrogen-bond acceptors (Lipinski definition) is 2. The second-order valence-corrected chi connectivity index (χ2v) is 3.67. The van der Waals surface area contributed by atoms with E-state index >= 15 is 0 Å². The average molecular weight is 176 g/mol. The molecular weight excluding hydrogens is 160 g/mol. The molecule has 0 aliphatic carbocycles. The molecule has 1 aromatic rings. The highest BCUT2D eigenvalue weighted by atomic mass is 14.9. The van der Waals surface area contributed by atoms with Gasteiger partial charge in [-0.1, -0.05) is 30.3 Å². The summed E-state index contributed by atoms with van der Waals surface area (Å²) in [6, 6.07) is 10.9. The molecule has 2 nitrogen and oxygen atoms in total. The topological polar surface area (TPSA) is 38.0 Å². The number of benzene rings is 1. The van der Waals surface area contributed by atoms with Gasteiger partial charge < -0.3 is 11.1 Å². The van der Waals surface area contributed by atoms with Crippen molar-refractivity contribution in [1.29, 1.82) is 0 Å². The first kappa shape index (κ1) is 8.73. The van der Waals surface area contributed by atoms with E-state index in [2.05, 4.69) is 29.6 Å². The number of rotatable bonds is 1. The van der Waals surface area contributed by atoms with Gasteiger partial charge in [-0.2, -0.15) is 0 Å². The Kier molecular flexibility index (Phi) is 2.62. The molecular formula is C11H16N2. The van der Waals surface area contributed by atoms with Gasteiger partial charge in [-0.15, -0.1) is 0 Å². The normalized spacial score (nSPS) is 28.7. The minimum atomic E-state index is 0.323. The molecule has 0 aromatic heterocycles. The summed E-state index contributed by atoms with van der Waals surface area (Å²) < 4.78 is 0. The van der Waals surface area contributed by atoms with Crippen LogP contribution in [0.5, 0.6) is 0 Å². The van der Waals surface area contributed by atoms with Gasteiger partial charge in [0.2, 0.25) is 0 Å². The summed E-state index contributed by atoms with van der Waals surface area (Å²) in [7, 11) is 0. The molecule has 2 heteroatoms. The van der Waals surface area contributed by atoms with Crippen LogP contribution in [0.2, 0.25) is 0 Å². The molecule has 1 fully saturated rings. The molecule has 3 N–H and O–H groups in total. The molecule has 13 heavy (non-hydrogen) atoms. The second kappa shape index (κ2) is 3.90. The summed E-state index contributed by atoms with van der Waals surface area (Å²) >= 11 is 0. The lowest BCUT2D eigenvalue weighted by molar-refractivity contribution is 0.403. The number of hydrogen-bond donors (Lipinski definition) is 2. The van der Waals surface area contributed by atoms with Crippen LogP contribution in [0.1, 0.15) is 17.9 Å².